The molecule has 6 nitrogen and oxygen atoms in total. The van der Waals surface area contributed by atoms with E-state index in [0.29, 0.717) is 22.9 Å². The van der Waals surface area contributed by atoms with Crippen molar-refractivity contribution in [1.82, 2.24) is 5.32 Å². The van der Waals surface area contributed by atoms with E-state index < -0.39 is 18.5 Å². The van der Waals surface area contributed by atoms with Crippen LogP contribution in [0.4, 0.5) is 0 Å². The standard InChI is InChI=1S/C22H21ClN2O4/c1-3-28-18-10-8-16(9-11-18)12-17(13-24)22(27)29-14-21(26)25-15(2)19-6-4-5-7-20(19)23/h4-12,15H,3,14H2,1-2H3,(H,25,26)/b17-12+/t15-/m1/s1. The van der Waals surface area contributed by atoms with Crippen LogP contribution in [0, 0.1) is 11.3 Å². The van der Waals surface area contributed by atoms with Gasteiger partial charge in [0.2, 0.25) is 0 Å². The highest BCUT2D eigenvalue weighted by atomic mass is 35.5. The molecule has 0 radical (unpaired) electrons. The molecule has 2 aromatic rings. The number of hydrogen-bond acceptors (Lipinski definition) is 5. The van der Waals surface area contributed by atoms with Gasteiger partial charge in [0.1, 0.15) is 17.4 Å². The van der Waals surface area contributed by atoms with Crippen molar-refractivity contribution in [3.05, 3.63) is 70.3 Å². The molecule has 1 amide bonds. The highest BCUT2D eigenvalue weighted by Gasteiger charge is 2.16. The highest BCUT2D eigenvalue weighted by Crippen LogP contribution is 2.22. The molecule has 150 valence electrons. The molecule has 2 aromatic carbocycles. The van der Waals surface area contributed by atoms with Crippen LogP contribution >= 0.6 is 11.6 Å². The summed E-state index contributed by atoms with van der Waals surface area (Å²) in [6.45, 7) is 3.69. The molecule has 0 heterocycles. The minimum Gasteiger partial charge on any atom is -0.494 e. The van der Waals surface area contributed by atoms with E-state index in [1.165, 1.54) is 6.08 Å². The topological polar surface area (TPSA) is 88.4 Å². The lowest BCUT2D eigenvalue weighted by molar-refractivity contribution is -0.144. The van der Waals surface area contributed by atoms with E-state index >= 15 is 0 Å². The van der Waals surface area contributed by atoms with Crippen LogP contribution in [0.25, 0.3) is 6.08 Å². The second kappa shape index (κ2) is 10.9. The summed E-state index contributed by atoms with van der Waals surface area (Å²) in [6, 6.07) is 15.5. The van der Waals surface area contributed by atoms with Gasteiger partial charge in [-0.3, -0.25) is 4.79 Å². The maximum absolute atomic E-state index is 12.1. The number of benzene rings is 2. The van der Waals surface area contributed by atoms with E-state index in [0.717, 1.165) is 5.56 Å². The van der Waals surface area contributed by atoms with Crippen molar-refractivity contribution in [1.29, 1.82) is 5.26 Å². The third-order valence-electron chi connectivity index (χ3n) is 3.93. The summed E-state index contributed by atoms with van der Waals surface area (Å²) >= 11 is 6.11. The number of esters is 1. The monoisotopic (exact) mass is 412 g/mol. The second-order valence-corrected chi connectivity index (χ2v) is 6.47. The molecule has 0 unspecified atom stereocenters. The SMILES string of the molecule is CCOc1ccc(/C=C(\C#N)C(=O)OCC(=O)N[C@H](C)c2ccccc2Cl)cc1. The van der Waals surface area contributed by atoms with Crippen molar-refractivity contribution in [2.75, 3.05) is 13.2 Å². The van der Waals surface area contributed by atoms with E-state index in [-0.39, 0.29) is 11.6 Å². The van der Waals surface area contributed by atoms with Gasteiger partial charge in [-0.15, -0.1) is 0 Å². The van der Waals surface area contributed by atoms with Crippen LogP contribution < -0.4 is 10.1 Å². The molecule has 0 saturated carbocycles. The number of nitrogens with one attached hydrogen (secondary N) is 1. The summed E-state index contributed by atoms with van der Waals surface area (Å²) in [5.74, 6) is -0.680. The fourth-order valence-electron chi connectivity index (χ4n) is 2.53. The number of halogens is 1. The Morgan fingerprint density at radius 2 is 1.90 bits per heavy atom. The quantitative estimate of drug-likeness (QED) is 0.401. The number of amides is 1. The first-order valence-corrected chi connectivity index (χ1v) is 9.38. The average molecular weight is 413 g/mol. The molecular formula is C22H21ClN2O4. The Labute approximate surface area is 174 Å². The van der Waals surface area contributed by atoms with Gasteiger partial charge >= 0.3 is 5.97 Å². The van der Waals surface area contributed by atoms with Gasteiger partial charge in [-0.2, -0.15) is 5.26 Å². The number of hydrogen-bond donors (Lipinski definition) is 1. The first-order chi connectivity index (χ1) is 13.9. The summed E-state index contributed by atoms with van der Waals surface area (Å²) in [5, 5.41) is 12.5. The first kappa shape index (κ1) is 22.0. The van der Waals surface area contributed by atoms with Gasteiger partial charge in [0, 0.05) is 5.02 Å². The number of carbonyl (C=O) groups is 2. The van der Waals surface area contributed by atoms with Crippen molar-refractivity contribution in [3.8, 4) is 11.8 Å². The van der Waals surface area contributed by atoms with Gasteiger partial charge in [0.15, 0.2) is 6.61 Å². The molecule has 0 bridgehead atoms. The number of ether oxygens (including phenoxy) is 2. The van der Waals surface area contributed by atoms with Crippen molar-refractivity contribution in [2.24, 2.45) is 0 Å². The lowest BCUT2D eigenvalue weighted by atomic mass is 10.1. The van der Waals surface area contributed by atoms with Crippen LogP contribution in [0.15, 0.2) is 54.1 Å². The van der Waals surface area contributed by atoms with E-state index in [1.807, 2.05) is 13.0 Å². The molecule has 0 fully saturated rings. The van der Waals surface area contributed by atoms with E-state index in [1.54, 1.807) is 55.5 Å². The normalized spacial score (nSPS) is 11.9. The molecule has 29 heavy (non-hydrogen) atoms. The smallest absolute Gasteiger partial charge is 0.349 e. The number of nitrogens with zero attached hydrogens (tertiary/aromatic N) is 1. The summed E-state index contributed by atoms with van der Waals surface area (Å²) in [5.41, 5.74) is 1.18. The third kappa shape index (κ3) is 6.66. The van der Waals surface area contributed by atoms with Crippen molar-refractivity contribution in [3.63, 3.8) is 0 Å². The Bertz CT molecular complexity index is 933. The predicted molar refractivity (Wildman–Crippen MR) is 110 cm³/mol. The number of nitriles is 1. The summed E-state index contributed by atoms with van der Waals surface area (Å²) in [7, 11) is 0. The minimum atomic E-state index is -0.873. The summed E-state index contributed by atoms with van der Waals surface area (Å²) in [4.78, 5) is 24.2. The lowest BCUT2D eigenvalue weighted by Crippen LogP contribution is -2.31. The minimum absolute atomic E-state index is 0.207. The van der Waals surface area contributed by atoms with Crippen LogP contribution in [0.2, 0.25) is 5.02 Å². The van der Waals surface area contributed by atoms with Crippen LogP contribution in [0.5, 0.6) is 5.75 Å². The third-order valence-corrected chi connectivity index (χ3v) is 4.27. The van der Waals surface area contributed by atoms with Gasteiger partial charge in [-0.25, -0.2) is 4.79 Å². The Kier molecular flexibility index (Phi) is 8.26. The van der Waals surface area contributed by atoms with Crippen molar-refractivity contribution < 1.29 is 19.1 Å². The van der Waals surface area contributed by atoms with Gasteiger partial charge in [0.05, 0.1) is 12.6 Å². The van der Waals surface area contributed by atoms with Gasteiger partial charge in [0.25, 0.3) is 5.91 Å². The molecule has 0 aromatic heterocycles. The largest absolute Gasteiger partial charge is 0.494 e. The Balaban J connectivity index is 1.93. The highest BCUT2D eigenvalue weighted by molar-refractivity contribution is 6.31. The van der Waals surface area contributed by atoms with Crippen LogP contribution in [0.1, 0.15) is 31.0 Å². The van der Waals surface area contributed by atoms with E-state index in [2.05, 4.69) is 5.32 Å². The van der Waals surface area contributed by atoms with Crippen molar-refractivity contribution >= 4 is 29.6 Å². The Morgan fingerprint density at radius 3 is 2.52 bits per heavy atom. The van der Waals surface area contributed by atoms with Gasteiger partial charge in [-0.05, 0) is 49.2 Å². The molecule has 1 atom stereocenters. The molecule has 0 aliphatic carbocycles. The lowest BCUT2D eigenvalue weighted by Gasteiger charge is -2.15. The fourth-order valence-corrected chi connectivity index (χ4v) is 2.83. The van der Waals surface area contributed by atoms with Crippen LogP contribution in [0.3, 0.4) is 0 Å². The molecule has 1 N–H and O–H groups in total. The molecule has 0 spiro atoms. The Morgan fingerprint density at radius 1 is 1.21 bits per heavy atom. The molecule has 0 saturated heterocycles. The Hall–Kier alpha value is -3.30. The number of carbonyl (C=O) groups excluding carboxylic acids is 2. The zero-order valence-corrected chi connectivity index (χ0v) is 16.9. The van der Waals surface area contributed by atoms with E-state index in [4.69, 9.17) is 21.1 Å². The van der Waals surface area contributed by atoms with Crippen LogP contribution in [-0.4, -0.2) is 25.1 Å². The maximum atomic E-state index is 12.1. The maximum Gasteiger partial charge on any atom is 0.349 e. The fraction of sp³-hybridized carbons (Fsp3) is 0.227. The predicted octanol–water partition coefficient (Wildman–Crippen LogP) is 4.07. The molecule has 0 aliphatic heterocycles. The summed E-state index contributed by atoms with van der Waals surface area (Å²) < 4.78 is 10.3. The second-order valence-electron chi connectivity index (χ2n) is 6.06. The first-order valence-electron chi connectivity index (χ1n) is 9.00. The molecular weight excluding hydrogens is 392 g/mol. The number of rotatable bonds is 8. The zero-order valence-electron chi connectivity index (χ0n) is 16.1. The molecule has 7 heteroatoms. The molecule has 2 rings (SSSR count). The van der Waals surface area contributed by atoms with Gasteiger partial charge in [-0.1, -0.05) is 41.9 Å². The molecule has 0 aliphatic rings. The van der Waals surface area contributed by atoms with Crippen LogP contribution in [-0.2, 0) is 14.3 Å². The average Bonchev–Trinajstić information content (AvgIpc) is 2.72. The zero-order chi connectivity index (χ0) is 21.2. The summed E-state index contributed by atoms with van der Waals surface area (Å²) in [6.07, 6.45) is 1.39. The van der Waals surface area contributed by atoms with Crippen molar-refractivity contribution in [2.45, 2.75) is 19.9 Å². The van der Waals surface area contributed by atoms with E-state index in [9.17, 15) is 14.9 Å². The van der Waals surface area contributed by atoms with Gasteiger partial charge < -0.3 is 14.8 Å².